The van der Waals surface area contributed by atoms with Crippen molar-refractivity contribution in [2.75, 3.05) is 25.0 Å². The van der Waals surface area contributed by atoms with Gasteiger partial charge in [0.15, 0.2) is 0 Å². The molecule has 0 fully saturated rings. The molecule has 0 heterocycles. The average molecular weight is 203 g/mol. The molecule has 0 aliphatic rings. The Labute approximate surface area is 91.1 Å². The SMILES string of the molecule is CCCNCCNc1cccc(C#N)c1. The van der Waals surface area contributed by atoms with Gasteiger partial charge in [-0.25, -0.2) is 0 Å². The van der Waals surface area contributed by atoms with Gasteiger partial charge in [0.25, 0.3) is 0 Å². The highest BCUT2D eigenvalue weighted by molar-refractivity contribution is 5.48. The summed E-state index contributed by atoms with van der Waals surface area (Å²) in [5.41, 5.74) is 1.70. The Morgan fingerprint density at radius 1 is 1.27 bits per heavy atom. The van der Waals surface area contributed by atoms with Gasteiger partial charge in [0.1, 0.15) is 0 Å². The first-order valence-electron chi connectivity index (χ1n) is 5.31. The third-order valence-electron chi connectivity index (χ3n) is 2.05. The Balaban J connectivity index is 2.28. The maximum atomic E-state index is 8.71. The number of benzene rings is 1. The lowest BCUT2D eigenvalue weighted by Gasteiger charge is -2.07. The fourth-order valence-electron chi connectivity index (χ4n) is 1.30. The van der Waals surface area contributed by atoms with Gasteiger partial charge in [-0.3, -0.25) is 0 Å². The first-order chi connectivity index (χ1) is 7.36. The molecule has 0 amide bonds. The van der Waals surface area contributed by atoms with Crippen LogP contribution in [0, 0.1) is 11.3 Å². The third kappa shape index (κ3) is 4.48. The second-order valence-electron chi connectivity index (χ2n) is 3.37. The molecule has 0 saturated heterocycles. The van der Waals surface area contributed by atoms with Gasteiger partial charge in [0.05, 0.1) is 11.6 Å². The molecule has 15 heavy (non-hydrogen) atoms. The summed E-state index contributed by atoms with van der Waals surface area (Å²) in [5.74, 6) is 0. The molecule has 0 aliphatic carbocycles. The van der Waals surface area contributed by atoms with Crippen molar-refractivity contribution in [1.29, 1.82) is 5.26 Å². The first-order valence-corrected chi connectivity index (χ1v) is 5.31. The van der Waals surface area contributed by atoms with Crippen LogP contribution in [0.5, 0.6) is 0 Å². The highest BCUT2D eigenvalue weighted by atomic mass is 14.9. The Morgan fingerprint density at radius 2 is 2.13 bits per heavy atom. The fraction of sp³-hybridized carbons (Fsp3) is 0.417. The van der Waals surface area contributed by atoms with Gasteiger partial charge in [-0.15, -0.1) is 0 Å². The van der Waals surface area contributed by atoms with E-state index in [0.29, 0.717) is 5.56 Å². The predicted octanol–water partition coefficient (Wildman–Crippen LogP) is 1.97. The molecule has 2 N–H and O–H groups in total. The van der Waals surface area contributed by atoms with Crippen molar-refractivity contribution in [2.24, 2.45) is 0 Å². The topological polar surface area (TPSA) is 47.8 Å². The lowest BCUT2D eigenvalue weighted by molar-refractivity contribution is 0.688. The monoisotopic (exact) mass is 203 g/mol. The van der Waals surface area contributed by atoms with E-state index in [1.165, 1.54) is 0 Å². The Morgan fingerprint density at radius 3 is 2.87 bits per heavy atom. The quantitative estimate of drug-likeness (QED) is 0.695. The van der Waals surface area contributed by atoms with Crippen LogP contribution in [0.15, 0.2) is 24.3 Å². The zero-order valence-electron chi connectivity index (χ0n) is 9.09. The smallest absolute Gasteiger partial charge is 0.0992 e. The molecule has 0 bridgehead atoms. The highest BCUT2D eigenvalue weighted by Crippen LogP contribution is 2.08. The molecular weight excluding hydrogens is 186 g/mol. The molecule has 1 aromatic carbocycles. The molecule has 0 radical (unpaired) electrons. The molecule has 0 atom stereocenters. The molecule has 1 rings (SSSR count). The summed E-state index contributed by atoms with van der Waals surface area (Å²) in [6, 6.07) is 9.65. The van der Waals surface area contributed by atoms with Gasteiger partial charge in [-0.05, 0) is 31.2 Å². The van der Waals surface area contributed by atoms with Crippen LogP contribution < -0.4 is 10.6 Å². The summed E-state index contributed by atoms with van der Waals surface area (Å²) >= 11 is 0. The van der Waals surface area contributed by atoms with Gasteiger partial charge in [0, 0.05) is 18.8 Å². The van der Waals surface area contributed by atoms with Crippen molar-refractivity contribution in [3.63, 3.8) is 0 Å². The van der Waals surface area contributed by atoms with E-state index in [4.69, 9.17) is 5.26 Å². The highest BCUT2D eigenvalue weighted by Gasteiger charge is 1.93. The van der Waals surface area contributed by atoms with Crippen molar-refractivity contribution in [3.8, 4) is 6.07 Å². The van der Waals surface area contributed by atoms with Crippen molar-refractivity contribution < 1.29 is 0 Å². The number of nitrogens with one attached hydrogen (secondary N) is 2. The lowest BCUT2D eigenvalue weighted by atomic mass is 10.2. The Bertz CT molecular complexity index is 328. The molecule has 3 heteroatoms. The van der Waals surface area contributed by atoms with Crippen LogP contribution in [0.3, 0.4) is 0 Å². The van der Waals surface area contributed by atoms with Crippen LogP contribution in [0.25, 0.3) is 0 Å². The summed E-state index contributed by atoms with van der Waals surface area (Å²) in [7, 11) is 0. The van der Waals surface area contributed by atoms with Crippen molar-refractivity contribution in [1.82, 2.24) is 5.32 Å². The second kappa shape index (κ2) is 6.86. The van der Waals surface area contributed by atoms with Crippen molar-refractivity contribution >= 4 is 5.69 Å². The van der Waals surface area contributed by atoms with E-state index < -0.39 is 0 Å². The van der Waals surface area contributed by atoms with Gasteiger partial charge >= 0.3 is 0 Å². The summed E-state index contributed by atoms with van der Waals surface area (Å²) in [5, 5.41) is 15.3. The second-order valence-corrected chi connectivity index (χ2v) is 3.37. The number of rotatable bonds is 6. The molecule has 0 aromatic heterocycles. The number of nitrogens with zero attached hydrogens (tertiary/aromatic N) is 1. The van der Waals surface area contributed by atoms with E-state index in [1.807, 2.05) is 18.2 Å². The standard InChI is InChI=1S/C12H17N3/c1-2-6-14-7-8-15-12-5-3-4-11(9-12)10-13/h3-5,9,14-15H,2,6-8H2,1H3. The van der Waals surface area contributed by atoms with Crippen LogP contribution in [0.2, 0.25) is 0 Å². The maximum Gasteiger partial charge on any atom is 0.0992 e. The summed E-state index contributed by atoms with van der Waals surface area (Å²) in [4.78, 5) is 0. The zero-order valence-corrected chi connectivity index (χ0v) is 9.09. The molecule has 3 nitrogen and oxygen atoms in total. The molecule has 1 aromatic rings. The van der Waals surface area contributed by atoms with E-state index in [-0.39, 0.29) is 0 Å². The van der Waals surface area contributed by atoms with E-state index >= 15 is 0 Å². The largest absolute Gasteiger partial charge is 0.384 e. The zero-order chi connectivity index (χ0) is 10.9. The Hall–Kier alpha value is -1.53. The van der Waals surface area contributed by atoms with Crippen LogP contribution >= 0.6 is 0 Å². The number of hydrogen-bond acceptors (Lipinski definition) is 3. The molecule has 0 saturated carbocycles. The fourth-order valence-corrected chi connectivity index (χ4v) is 1.30. The minimum Gasteiger partial charge on any atom is -0.384 e. The molecule has 0 unspecified atom stereocenters. The van der Waals surface area contributed by atoms with Crippen molar-refractivity contribution in [2.45, 2.75) is 13.3 Å². The van der Waals surface area contributed by atoms with Crippen LogP contribution in [0.4, 0.5) is 5.69 Å². The van der Waals surface area contributed by atoms with E-state index in [0.717, 1.165) is 31.7 Å². The van der Waals surface area contributed by atoms with Gasteiger partial charge in [-0.1, -0.05) is 13.0 Å². The number of hydrogen-bond donors (Lipinski definition) is 2. The molecule has 80 valence electrons. The molecular formula is C12H17N3. The minimum atomic E-state index is 0.696. The maximum absolute atomic E-state index is 8.71. The lowest BCUT2D eigenvalue weighted by Crippen LogP contribution is -2.22. The van der Waals surface area contributed by atoms with Crippen molar-refractivity contribution in [3.05, 3.63) is 29.8 Å². The van der Waals surface area contributed by atoms with Gasteiger partial charge in [0.2, 0.25) is 0 Å². The number of anilines is 1. The minimum absolute atomic E-state index is 0.696. The van der Waals surface area contributed by atoms with Crippen LogP contribution in [-0.4, -0.2) is 19.6 Å². The third-order valence-corrected chi connectivity index (χ3v) is 2.05. The molecule has 0 spiro atoms. The van der Waals surface area contributed by atoms with Gasteiger partial charge < -0.3 is 10.6 Å². The van der Waals surface area contributed by atoms with Crippen LogP contribution in [-0.2, 0) is 0 Å². The Kier molecular flexibility index (Phi) is 5.28. The van der Waals surface area contributed by atoms with E-state index in [2.05, 4.69) is 23.6 Å². The normalized spacial score (nSPS) is 9.60. The van der Waals surface area contributed by atoms with Crippen LogP contribution in [0.1, 0.15) is 18.9 Å². The summed E-state index contributed by atoms with van der Waals surface area (Å²) in [6.45, 7) is 5.04. The summed E-state index contributed by atoms with van der Waals surface area (Å²) in [6.07, 6.45) is 1.16. The first kappa shape index (κ1) is 11.5. The van der Waals surface area contributed by atoms with E-state index in [1.54, 1.807) is 6.07 Å². The molecule has 0 aliphatic heterocycles. The summed E-state index contributed by atoms with van der Waals surface area (Å²) < 4.78 is 0. The number of nitriles is 1. The predicted molar refractivity (Wildman–Crippen MR) is 62.8 cm³/mol. The van der Waals surface area contributed by atoms with Gasteiger partial charge in [-0.2, -0.15) is 5.26 Å². The van der Waals surface area contributed by atoms with E-state index in [9.17, 15) is 0 Å². The average Bonchev–Trinajstić information content (AvgIpc) is 2.29.